The van der Waals surface area contributed by atoms with Crippen molar-refractivity contribution in [2.24, 2.45) is 7.05 Å². The molecule has 1 heterocycles. The van der Waals surface area contributed by atoms with Crippen molar-refractivity contribution in [1.29, 1.82) is 0 Å². The van der Waals surface area contributed by atoms with Crippen LogP contribution in [0.2, 0.25) is 0 Å². The minimum absolute atomic E-state index is 0.163. The lowest BCUT2D eigenvalue weighted by molar-refractivity contribution is 0.424. The van der Waals surface area contributed by atoms with Crippen LogP contribution < -0.4 is 5.32 Å². The van der Waals surface area contributed by atoms with Gasteiger partial charge in [0.25, 0.3) is 0 Å². The molecule has 0 fully saturated rings. The molecule has 0 saturated carbocycles. The number of aryl methyl sites for hydroxylation is 2. The minimum atomic E-state index is 0.163. The van der Waals surface area contributed by atoms with Crippen molar-refractivity contribution in [3.63, 3.8) is 0 Å². The molecule has 0 unspecified atom stereocenters. The summed E-state index contributed by atoms with van der Waals surface area (Å²) >= 11 is 1.90. The largest absolute Gasteiger partial charge is 0.308 e. The van der Waals surface area contributed by atoms with Crippen LogP contribution in [0.5, 0.6) is 0 Å². The van der Waals surface area contributed by atoms with Crippen LogP contribution in [0, 0.1) is 0 Å². The zero-order chi connectivity index (χ0) is 15.3. The van der Waals surface area contributed by atoms with Crippen LogP contribution in [0.15, 0.2) is 41.4 Å². The van der Waals surface area contributed by atoms with Crippen LogP contribution in [0.25, 0.3) is 0 Å². The first-order valence-electron chi connectivity index (χ1n) is 7.38. The second-order valence-electron chi connectivity index (χ2n) is 6.29. The first kappa shape index (κ1) is 16.1. The lowest BCUT2D eigenvalue weighted by Gasteiger charge is -2.20. The third-order valence-electron chi connectivity index (χ3n) is 3.30. The predicted molar refractivity (Wildman–Crippen MR) is 90.7 cm³/mol. The number of benzene rings is 1. The Bertz CT molecular complexity index is 552. The highest BCUT2D eigenvalue weighted by molar-refractivity contribution is 7.99. The number of hydrogen-bond acceptors (Lipinski definition) is 3. The smallest absolute Gasteiger partial charge is 0.0492 e. The van der Waals surface area contributed by atoms with E-state index in [1.807, 2.05) is 29.7 Å². The van der Waals surface area contributed by atoms with Crippen LogP contribution in [-0.2, 0) is 20.0 Å². The van der Waals surface area contributed by atoms with Crippen LogP contribution in [0.1, 0.15) is 32.0 Å². The Hall–Kier alpha value is -1.26. The van der Waals surface area contributed by atoms with E-state index in [0.717, 1.165) is 18.7 Å². The molecule has 0 bridgehead atoms. The Morgan fingerprint density at radius 2 is 1.86 bits per heavy atom. The molecule has 4 heteroatoms. The van der Waals surface area contributed by atoms with Gasteiger partial charge >= 0.3 is 0 Å². The first-order valence-corrected chi connectivity index (χ1v) is 8.36. The van der Waals surface area contributed by atoms with Crippen LogP contribution in [-0.4, -0.2) is 21.1 Å². The average Bonchev–Trinajstić information content (AvgIpc) is 2.83. The van der Waals surface area contributed by atoms with E-state index in [0.29, 0.717) is 0 Å². The summed E-state index contributed by atoms with van der Waals surface area (Å²) in [6.45, 7) is 7.49. The molecule has 0 radical (unpaired) electrons. The Kier molecular flexibility index (Phi) is 5.48. The molecular formula is C17H25N3S. The predicted octanol–water partition coefficient (Wildman–Crippen LogP) is 3.64. The normalized spacial score (nSPS) is 11.8. The van der Waals surface area contributed by atoms with Gasteiger partial charge in [-0.1, -0.05) is 12.1 Å². The maximum atomic E-state index is 4.19. The van der Waals surface area contributed by atoms with Crippen molar-refractivity contribution >= 4 is 11.8 Å². The average molecular weight is 303 g/mol. The molecule has 114 valence electrons. The van der Waals surface area contributed by atoms with Gasteiger partial charge in [0.1, 0.15) is 0 Å². The van der Waals surface area contributed by atoms with Gasteiger partial charge in [-0.15, -0.1) is 11.8 Å². The van der Waals surface area contributed by atoms with Crippen LogP contribution in [0.4, 0.5) is 0 Å². The van der Waals surface area contributed by atoms with Gasteiger partial charge in [0.05, 0.1) is 0 Å². The quantitative estimate of drug-likeness (QED) is 0.826. The second-order valence-corrected chi connectivity index (χ2v) is 7.46. The van der Waals surface area contributed by atoms with Crippen molar-refractivity contribution in [1.82, 2.24) is 15.1 Å². The lowest BCUT2D eigenvalue weighted by atomic mass is 10.1. The van der Waals surface area contributed by atoms with Crippen LogP contribution >= 0.6 is 11.8 Å². The van der Waals surface area contributed by atoms with E-state index in [9.17, 15) is 0 Å². The van der Waals surface area contributed by atoms with E-state index in [-0.39, 0.29) is 5.54 Å². The number of nitrogens with one attached hydrogen (secondary N) is 1. The molecule has 0 spiro atoms. The van der Waals surface area contributed by atoms with Gasteiger partial charge in [-0.3, -0.25) is 4.68 Å². The van der Waals surface area contributed by atoms with E-state index in [4.69, 9.17) is 0 Å². The van der Waals surface area contributed by atoms with E-state index in [2.05, 4.69) is 61.5 Å². The van der Waals surface area contributed by atoms with Crippen molar-refractivity contribution in [3.05, 3.63) is 47.8 Å². The van der Waals surface area contributed by atoms with Crippen molar-refractivity contribution in [2.75, 3.05) is 5.75 Å². The summed E-state index contributed by atoms with van der Waals surface area (Å²) in [4.78, 5) is 1.33. The summed E-state index contributed by atoms with van der Waals surface area (Å²) in [5.41, 5.74) is 2.78. The number of hydrogen-bond donors (Lipinski definition) is 1. The highest BCUT2D eigenvalue weighted by Crippen LogP contribution is 2.20. The molecule has 0 aliphatic heterocycles. The van der Waals surface area contributed by atoms with E-state index in [1.165, 1.54) is 16.2 Å². The maximum Gasteiger partial charge on any atom is 0.0492 e. The van der Waals surface area contributed by atoms with Gasteiger partial charge in [0, 0.05) is 41.7 Å². The van der Waals surface area contributed by atoms with Gasteiger partial charge in [0.15, 0.2) is 0 Å². The Balaban J connectivity index is 1.78. The standard InChI is InChI=1S/C17H25N3S/c1-17(2,3)18-13-14-5-7-16(8-6-14)21-12-10-15-9-11-19-20(15)4/h5-9,11,18H,10,12-13H2,1-4H3. The zero-order valence-corrected chi connectivity index (χ0v) is 14.2. The molecule has 0 aliphatic rings. The fourth-order valence-electron chi connectivity index (χ4n) is 1.99. The summed E-state index contributed by atoms with van der Waals surface area (Å²) in [5.74, 6) is 1.08. The zero-order valence-electron chi connectivity index (χ0n) is 13.4. The fourth-order valence-corrected chi connectivity index (χ4v) is 2.87. The molecule has 1 aromatic carbocycles. The molecule has 1 N–H and O–H groups in total. The number of rotatable bonds is 6. The van der Waals surface area contributed by atoms with E-state index < -0.39 is 0 Å². The Morgan fingerprint density at radius 1 is 1.14 bits per heavy atom. The summed E-state index contributed by atoms with van der Waals surface area (Å²) < 4.78 is 1.95. The third-order valence-corrected chi connectivity index (χ3v) is 4.31. The lowest BCUT2D eigenvalue weighted by Crippen LogP contribution is -2.35. The van der Waals surface area contributed by atoms with Gasteiger partial charge < -0.3 is 5.32 Å². The van der Waals surface area contributed by atoms with Crippen molar-refractivity contribution < 1.29 is 0 Å². The summed E-state index contributed by atoms with van der Waals surface area (Å²) in [7, 11) is 2.00. The highest BCUT2D eigenvalue weighted by atomic mass is 32.2. The molecule has 1 aromatic heterocycles. The Morgan fingerprint density at radius 3 is 2.43 bits per heavy atom. The molecule has 0 aliphatic carbocycles. The van der Waals surface area contributed by atoms with Gasteiger partial charge in [-0.05, 0) is 51.0 Å². The molecule has 2 aromatic rings. The topological polar surface area (TPSA) is 29.9 Å². The Labute approximate surface area is 132 Å². The van der Waals surface area contributed by atoms with E-state index in [1.54, 1.807) is 0 Å². The fraction of sp³-hybridized carbons (Fsp3) is 0.471. The van der Waals surface area contributed by atoms with Gasteiger partial charge in [-0.2, -0.15) is 5.10 Å². The summed E-state index contributed by atoms with van der Waals surface area (Å²) in [5, 5.41) is 7.70. The highest BCUT2D eigenvalue weighted by Gasteiger charge is 2.08. The van der Waals surface area contributed by atoms with Crippen molar-refractivity contribution in [3.8, 4) is 0 Å². The van der Waals surface area contributed by atoms with Gasteiger partial charge in [-0.25, -0.2) is 0 Å². The SMILES string of the molecule is Cn1nccc1CCSc1ccc(CNC(C)(C)C)cc1. The summed E-state index contributed by atoms with van der Waals surface area (Å²) in [6.07, 6.45) is 2.91. The second kappa shape index (κ2) is 7.14. The van der Waals surface area contributed by atoms with Crippen LogP contribution in [0.3, 0.4) is 0 Å². The molecule has 3 nitrogen and oxygen atoms in total. The molecule has 21 heavy (non-hydrogen) atoms. The number of thioether (sulfide) groups is 1. The first-order chi connectivity index (χ1) is 9.94. The molecule has 0 atom stereocenters. The maximum absolute atomic E-state index is 4.19. The molecule has 2 rings (SSSR count). The monoisotopic (exact) mass is 303 g/mol. The molecular weight excluding hydrogens is 278 g/mol. The molecule has 0 saturated heterocycles. The minimum Gasteiger partial charge on any atom is -0.308 e. The molecule has 0 amide bonds. The summed E-state index contributed by atoms with van der Waals surface area (Å²) in [6, 6.07) is 10.9. The van der Waals surface area contributed by atoms with Gasteiger partial charge in [0.2, 0.25) is 0 Å². The van der Waals surface area contributed by atoms with Crippen molar-refractivity contribution in [2.45, 2.75) is 44.2 Å². The number of nitrogens with zero attached hydrogens (tertiary/aromatic N) is 2. The van der Waals surface area contributed by atoms with E-state index >= 15 is 0 Å². The number of aromatic nitrogens is 2. The third kappa shape index (κ3) is 5.56.